The fourth-order valence-electron chi connectivity index (χ4n) is 2.86. The average molecular weight is 332 g/mol. The predicted octanol–water partition coefficient (Wildman–Crippen LogP) is 3.34. The van der Waals surface area contributed by atoms with Gasteiger partial charge in [0.25, 0.3) is 11.8 Å². The molecule has 0 bridgehead atoms. The minimum atomic E-state index is -0.883. The number of hydrogen-bond donors (Lipinski definition) is 1. The first kappa shape index (κ1) is 15.5. The number of unbranched alkanes of at least 4 members (excludes halogenated alkanes) is 1. The van der Waals surface area contributed by atoms with Crippen molar-refractivity contribution in [3.05, 3.63) is 46.5 Å². The topological polar surface area (TPSA) is 74.7 Å². The molecular formula is C17H14ClNO4. The summed E-state index contributed by atoms with van der Waals surface area (Å²) >= 11 is 6.15. The molecule has 0 atom stereocenters. The van der Waals surface area contributed by atoms with Crippen LogP contribution in [0.15, 0.2) is 30.3 Å². The van der Waals surface area contributed by atoms with Crippen molar-refractivity contribution in [2.75, 3.05) is 6.54 Å². The first-order valence-corrected chi connectivity index (χ1v) is 7.67. The summed E-state index contributed by atoms with van der Waals surface area (Å²) in [5.41, 5.74) is 0.913. The van der Waals surface area contributed by atoms with Gasteiger partial charge in [0.05, 0.1) is 0 Å². The Balaban J connectivity index is 1.94. The molecule has 1 heterocycles. The van der Waals surface area contributed by atoms with Crippen LogP contribution in [0.3, 0.4) is 0 Å². The van der Waals surface area contributed by atoms with Gasteiger partial charge < -0.3 is 5.11 Å². The maximum atomic E-state index is 12.6. The summed E-state index contributed by atoms with van der Waals surface area (Å²) < 4.78 is 0. The molecule has 1 aliphatic rings. The van der Waals surface area contributed by atoms with Gasteiger partial charge in [0.2, 0.25) is 0 Å². The SMILES string of the molecule is O=C(O)CCCCN1C(=O)c2cccc3c(Cl)ccc(c23)C1=O. The summed E-state index contributed by atoms with van der Waals surface area (Å²) in [5.74, 6) is -1.59. The van der Waals surface area contributed by atoms with E-state index in [4.69, 9.17) is 16.7 Å². The Hall–Kier alpha value is -2.40. The van der Waals surface area contributed by atoms with Crippen molar-refractivity contribution < 1.29 is 19.5 Å². The number of rotatable bonds is 5. The van der Waals surface area contributed by atoms with Gasteiger partial charge in [-0.2, -0.15) is 0 Å². The van der Waals surface area contributed by atoms with Crippen molar-refractivity contribution in [1.82, 2.24) is 4.90 Å². The lowest BCUT2D eigenvalue weighted by Gasteiger charge is -2.27. The summed E-state index contributed by atoms with van der Waals surface area (Å²) in [6, 6.07) is 8.49. The third-order valence-electron chi connectivity index (χ3n) is 3.96. The van der Waals surface area contributed by atoms with E-state index in [1.807, 2.05) is 0 Å². The molecule has 0 spiro atoms. The number of carbonyl (C=O) groups is 3. The molecule has 0 aliphatic carbocycles. The predicted molar refractivity (Wildman–Crippen MR) is 85.8 cm³/mol. The Kier molecular flexibility index (Phi) is 4.05. The van der Waals surface area contributed by atoms with Crippen LogP contribution in [0.1, 0.15) is 40.0 Å². The smallest absolute Gasteiger partial charge is 0.303 e. The summed E-state index contributed by atoms with van der Waals surface area (Å²) in [4.78, 5) is 36.9. The van der Waals surface area contributed by atoms with Gasteiger partial charge in [0.15, 0.2) is 0 Å². The van der Waals surface area contributed by atoms with Crippen LogP contribution in [0.2, 0.25) is 5.02 Å². The van der Waals surface area contributed by atoms with E-state index in [9.17, 15) is 14.4 Å². The van der Waals surface area contributed by atoms with Gasteiger partial charge in [0.1, 0.15) is 0 Å². The summed E-state index contributed by atoms with van der Waals surface area (Å²) in [6.07, 6.45) is 0.907. The molecule has 118 valence electrons. The quantitative estimate of drug-likeness (QED) is 0.673. The van der Waals surface area contributed by atoms with Gasteiger partial charge in [-0.25, -0.2) is 0 Å². The molecule has 0 radical (unpaired) electrons. The van der Waals surface area contributed by atoms with Gasteiger partial charge >= 0.3 is 5.97 Å². The highest BCUT2D eigenvalue weighted by atomic mass is 35.5. The molecule has 1 aliphatic heterocycles. The van der Waals surface area contributed by atoms with Crippen LogP contribution in [-0.4, -0.2) is 34.3 Å². The van der Waals surface area contributed by atoms with Gasteiger partial charge in [0, 0.05) is 39.9 Å². The molecule has 0 unspecified atom stereocenters. The lowest BCUT2D eigenvalue weighted by atomic mass is 9.94. The lowest BCUT2D eigenvalue weighted by molar-refractivity contribution is -0.137. The summed E-state index contributed by atoms with van der Waals surface area (Å²) in [7, 11) is 0. The molecule has 6 heteroatoms. The van der Waals surface area contributed by atoms with E-state index in [0.29, 0.717) is 39.8 Å². The highest BCUT2D eigenvalue weighted by Crippen LogP contribution is 2.34. The molecule has 2 aromatic carbocycles. The van der Waals surface area contributed by atoms with E-state index in [-0.39, 0.29) is 24.8 Å². The molecule has 2 amide bonds. The number of amides is 2. The van der Waals surface area contributed by atoms with Crippen LogP contribution < -0.4 is 0 Å². The van der Waals surface area contributed by atoms with E-state index in [2.05, 4.69) is 0 Å². The monoisotopic (exact) mass is 331 g/mol. The van der Waals surface area contributed by atoms with E-state index in [0.717, 1.165) is 0 Å². The van der Waals surface area contributed by atoms with E-state index < -0.39 is 5.97 Å². The van der Waals surface area contributed by atoms with E-state index >= 15 is 0 Å². The summed E-state index contributed by atoms with van der Waals surface area (Å²) in [6.45, 7) is 0.212. The number of aliphatic carboxylic acids is 1. The Labute approximate surface area is 137 Å². The van der Waals surface area contributed by atoms with E-state index in [1.165, 1.54) is 4.90 Å². The second kappa shape index (κ2) is 6.01. The number of carbonyl (C=O) groups excluding carboxylic acids is 2. The van der Waals surface area contributed by atoms with Gasteiger partial charge in [-0.05, 0) is 31.0 Å². The molecule has 2 aromatic rings. The average Bonchev–Trinajstić information content (AvgIpc) is 2.53. The van der Waals surface area contributed by atoms with E-state index in [1.54, 1.807) is 30.3 Å². The Morgan fingerprint density at radius 3 is 2.43 bits per heavy atom. The van der Waals surface area contributed by atoms with Gasteiger partial charge in [-0.3, -0.25) is 19.3 Å². The maximum Gasteiger partial charge on any atom is 0.303 e. The van der Waals surface area contributed by atoms with Crippen molar-refractivity contribution in [3.8, 4) is 0 Å². The van der Waals surface area contributed by atoms with Crippen LogP contribution in [0.25, 0.3) is 10.8 Å². The number of nitrogens with zero attached hydrogens (tertiary/aromatic N) is 1. The largest absolute Gasteiger partial charge is 0.481 e. The number of benzene rings is 2. The van der Waals surface area contributed by atoms with Crippen molar-refractivity contribution in [2.45, 2.75) is 19.3 Å². The molecule has 23 heavy (non-hydrogen) atoms. The standard InChI is InChI=1S/C17H14ClNO4/c18-13-8-7-12-15-10(13)4-3-5-11(15)16(22)19(17(12)23)9-2-1-6-14(20)21/h3-5,7-8H,1-2,6,9H2,(H,20,21). The van der Waals surface area contributed by atoms with Gasteiger partial charge in [-0.1, -0.05) is 23.7 Å². The molecule has 0 saturated carbocycles. The lowest BCUT2D eigenvalue weighted by Crippen LogP contribution is -2.40. The Morgan fingerprint density at radius 1 is 1.04 bits per heavy atom. The van der Waals surface area contributed by atoms with Gasteiger partial charge in [-0.15, -0.1) is 0 Å². The first-order valence-electron chi connectivity index (χ1n) is 7.30. The molecule has 0 fully saturated rings. The second-order valence-corrected chi connectivity index (χ2v) is 5.84. The van der Waals surface area contributed by atoms with Crippen molar-refractivity contribution in [2.24, 2.45) is 0 Å². The van der Waals surface area contributed by atoms with Crippen molar-refractivity contribution in [3.63, 3.8) is 0 Å². The zero-order valence-corrected chi connectivity index (χ0v) is 13.0. The highest BCUT2D eigenvalue weighted by Gasteiger charge is 2.32. The normalized spacial score (nSPS) is 13.7. The van der Waals surface area contributed by atoms with Crippen molar-refractivity contribution >= 4 is 40.2 Å². The minimum Gasteiger partial charge on any atom is -0.481 e. The Bertz CT molecular complexity index is 808. The molecule has 0 aromatic heterocycles. The Morgan fingerprint density at radius 2 is 1.74 bits per heavy atom. The zero-order valence-electron chi connectivity index (χ0n) is 12.2. The molecule has 3 rings (SSSR count). The maximum absolute atomic E-state index is 12.6. The number of halogens is 1. The van der Waals surface area contributed by atoms with Crippen LogP contribution in [0.5, 0.6) is 0 Å². The highest BCUT2D eigenvalue weighted by molar-refractivity contribution is 6.38. The van der Waals surface area contributed by atoms with Crippen LogP contribution in [0, 0.1) is 0 Å². The molecule has 0 saturated heterocycles. The fourth-order valence-corrected chi connectivity index (χ4v) is 3.08. The van der Waals surface area contributed by atoms with Crippen molar-refractivity contribution in [1.29, 1.82) is 0 Å². The summed E-state index contributed by atoms with van der Waals surface area (Å²) in [5, 5.41) is 10.4. The molecule has 5 nitrogen and oxygen atoms in total. The first-order chi connectivity index (χ1) is 11.0. The second-order valence-electron chi connectivity index (χ2n) is 5.44. The number of carboxylic acids is 1. The molecular weight excluding hydrogens is 318 g/mol. The van der Waals surface area contributed by atoms with Crippen LogP contribution in [-0.2, 0) is 4.79 Å². The van der Waals surface area contributed by atoms with Crippen LogP contribution in [0.4, 0.5) is 0 Å². The third kappa shape index (κ3) is 2.68. The number of carboxylic acid groups (broad SMARTS) is 1. The fraction of sp³-hybridized carbons (Fsp3) is 0.235. The minimum absolute atomic E-state index is 0.0258. The molecule has 1 N–H and O–H groups in total. The number of hydrogen-bond acceptors (Lipinski definition) is 3. The van der Waals surface area contributed by atoms with Crippen LogP contribution >= 0.6 is 11.6 Å². The third-order valence-corrected chi connectivity index (χ3v) is 4.29. The zero-order chi connectivity index (χ0) is 16.6. The number of imide groups is 1.